The summed E-state index contributed by atoms with van der Waals surface area (Å²) in [5, 5.41) is 6.48. The van der Waals surface area contributed by atoms with Crippen LogP contribution < -0.4 is 11.1 Å². The molecule has 2 rings (SSSR count). The second-order valence-electron chi connectivity index (χ2n) is 4.80. The second kappa shape index (κ2) is 8.91. The van der Waals surface area contributed by atoms with Gasteiger partial charge in [0.1, 0.15) is 0 Å². The zero-order chi connectivity index (χ0) is 15.8. The predicted octanol–water partition coefficient (Wildman–Crippen LogP) is 0.851. The number of benzene rings is 1. The molecule has 1 heterocycles. The Labute approximate surface area is 142 Å². The average molecular weight is 418 g/mol. The van der Waals surface area contributed by atoms with Gasteiger partial charge in [0.05, 0.1) is 19.8 Å². The van der Waals surface area contributed by atoms with Gasteiger partial charge >= 0.3 is 0 Å². The summed E-state index contributed by atoms with van der Waals surface area (Å²) in [6.07, 6.45) is 0. The van der Waals surface area contributed by atoms with Gasteiger partial charge in [0.25, 0.3) is 5.91 Å². The first-order valence-corrected chi connectivity index (χ1v) is 8.01. The Morgan fingerprint density at radius 2 is 2.05 bits per heavy atom. The number of carbonyl (C=O) groups is 1. The van der Waals surface area contributed by atoms with E-state index in [-0.39, 0.29) is 12.5 Å². The lowest BCUT2D eigenvalue weighted by atomic mass is 10.3. The number of morpholine rings is 1. The summed E-state index contributed by atoms with van der Waals surface area (Å²) >= 11 is 2.20. The summed E-state index contributed by atoms with van der Waals surface area (Å²) in [5.41, 5.74) is 6.49. The molecule has 1 aliphatic heterocycles. The lowest BCUT2D eigenvalue weighted by Crippen LogP contribution is -2.41. The average Bonchev–Trinajstić information content (AvgIpc) is 2.50. The number of nitrogens with one attached hydrogen (secondary N) is 1. The highest BCUT2D eigenvalue weighted by Gasteiger charge is 2.11. The number of ether oxygens (including phenoxy) is 1. The summed E-state index contributed by atoms with van der Waals surface area (Å²) in [6, 6.07) is 7.48. The van der Waals surface area contributed by atoms with Gasteiger partial charge < -0.3 is 20.6 Å². The van der Waals surface area contributed by atoms with Crippen LogP contribution in [0.1, 0.15) is 0 Å². The molecule has 1 fully saturated rings. The highest BCUT2D eigenvalue weighted by molar-refractivity contribution is 14.1. The van der Waals surface area contributed by atoms with Crippen molar-refractivity contribution in [3.05, 3.63) is 27.8 Å². The lowest BCUT2D eigenvalue weighted by molar-refractivity contribution is -0.120. The number of nitrogens with two attached hydrogens (primary N) is 1. The van der Waals surface area contributed by atoms with E-state index in [1.807, 2.05) is 24.3 Å². The van der Waals surface area contributed by atoms with Crippen molar-refractivity contribution in [1.82, 2.24) is 4.90 Å². The van der Waals surface area contributed by atoms with E-state index in [2.05, 4.69) is 38.0 Å². The van der Waals surface area contributed by atoms with E-state index >= 15 is 0 Å². The third-order valence-corrected chi connectivity index (χ3v) is 3.71. The molecule has 1 saturated heterocycles. The zero-order valence-electron chi connectivity index (χ0n) is 12.1. The molecule has 3 N–H and O–H groups in total. The van der Waals surface area contributed by atoms with Gasteiger partial charge in [0.2, 0.25) is 0 Å². The van der Waals surface area contributed by atoms with Crippen LogP contribution in [0, 0.1) is 3.57 Å². The van der Waals surface area contributed by atoms with Gasteiger partial charge in [-0.3, -0.25) is 9.69 Å². The molecule has 1 aromatic carbocycles. The van der Waals surface area contributed by atoms with Crippen molar-refractivity contribution in [1.29, 1.82) is 0 Å². The first-order valence-electron chi connectivity index (χ1n) is 6.93. The largest absolute Gasteiger partial charge is 0.384 e. The van der Waals surface area contributed by atoms with Crippen LogP contribution >= 0.6 is 22.6 Å². The molecule has 0 unspecified atom stereocenters. The van der Waals surface area contributed by atoms with Gasteiger partial charge in [0.15, 0.2) is 12.4 Å². The predicted molar refractivity (Wildman–Crippen MR) is 92.6 cm³/mol. The second-order valence-corrected chi connectivity index (χ2v) is 6.05. The van der Waals surface area contributed by atoms with Gasteiger partial charge in [-0.25, -0.2) is 0 Å². The van der Waals surface area contributed by atoms with Crippen molar-refractivity contribution >= 4 is 40.0 Å². The minimum Gasteiger partial charge on any atom is -0.384 e. The van der Waals surface area contributed by atoms with Crippen LogP contribution in [0.5, 0.6) is 0 Å². The van der Waals surface area contributed by atoms with Crippen LogP contribution in [0.15, 0.2) is 29.4 Å². The van der Waals surface area contributed by atoms with Gasteiger partial charge in [-0.2, -0.15) is 0 Å². The number of halogens is 1. The maximum absolute atomic E-state index is 11.7. The highest BCUT2D eigenvalue weighted by Crippen LogP contribution is 2.10. The molecular formula is C14H19IN4O3. The smallest absolute Gasteiger partial charge is 0.265 e. The van der Waals surface area contributed by atoms with Gasteiger partial charge in [0, 0.05) is 22.3 Å². The number of carbonyl (C=O) groups excluding carboxylic acids is 1. The molecular weight excluding hydrogens is 399 g/mol. The summed E-state index contributed by atoms with van der Waals surface area (Å²) in [5.74, 6) is 0.0769. The summed E-state index contributed by atoms with van der Waals surface area (Å²) in [7, 11) is 0. The first kappa shape index (κ1) is 17.0. The Bertz CT molecular complexity index is 515. The fourth-order valence-electron chi connectivity index (χ4n) is 1.92. The van der Waals surface area contributed by atoms with E-state index in [0.717, 1.165) is 22.3 Å². The molecule has 1 amide bonds. The number of hydrogen-bond acceptors (Lipinski definition) is 5. The Morgan fingerprint density at radius 1 is 1.36 bits per heavy atom. The summed E-state index contributed by atoms with van der Waals surface area (Å²) in [6.45, 7) is 3.39. The Hall–Kier alpha value is -1.39. The standard InChI is InChI=1S/C14H19IN4O3/c15-11-1-3-12(4-2-11)17-14(20)10-22-18-13(16)9-19-5-7-21-8-6-19/h1-4H,5-10H2,(H2,16,18)(H,17,20). The van der Waals surface area contributed by atoms with E-state index in [4.69, 9.17) is 15.3 Å². The van der Waals surface area contributed by atoms with E-state index in [0.29, 0.717) is 25.6 Å². The van der Waals surface area contributed by atoms with Crippen molar-refractivity contribution in [2.45, 2.75) is 0 Å². The molecule has 7 nitrogen and oxygen atoms in total. The number of amides is 1. The number of hydrogen-bond donors (Lipinski definition) is 2. The number of nitrogens with zero attached hydrogens (tertiary/aromatic N) is 2. The van der Waals surface area contributed by atoms with Gasteiger partial charge in [-0.05, 0) is 46.9 Å². The number of amidine groups is 1. The van der Waals surface area contributed by atoms with Crippen molar-refractivity contribution in [2.24, 2.45) is 10.9 Å². The highest BCUT2D eigenvalue weighted by atomic mass is 127. The Morgan fingerprint density at radius 3 is 2.73 bits per heavy atom. The normalized spacial score (nSPS) is 16.3. The summed E-state index contributed by atoms with van der Waals surface area (Å²) in [4.78, 5) is 18.8. The van der Waals surface area contributed by atoms with Crippen LogP contribution in [-0.2, 0) is 14.4 Å². The Kier molecular flexibility index (Phi) is 6.87. The fraction of sp³-hybridized carbons (Fsp3) is 0.429. The van der Waals surface area contributed by atoms with Gasteiger partial charge in [-0.15, -0.1) is 0 Å². The molecule has 0 bridgehead atoms. The maximum Gasteiger partial charge on any atom is 0.265 e. The third kappa shape index (κ3) is 6.16. The van der Waals surface area contributed by atoms with Crippen molar-refractivity contribution in [2.75, 3.05) is 44.8 Å². The van der Waals surface area contributed by atoms with Crippen LogP contribution in [0.4, 0.5) is 5.69 Å². The summed E-state index contributed by atoms with van der Waals surface area (Å²) < 4.78 is 6.35. The Balaban J connectivity index is 1.68. The molecule has 1 aliphatic rings. The molecule has 120 valence electrons. The van der Waals surface area contributed by atoms with E-state index in [9.17, 15) is 4.79 Å². The fourth-order valence-corrected chi connectivity index (χ4v) is 2.28. The number of oxime groups is 1. The quantitative estimate of drug-likeness (QED) is 0.310. The third-order valence-electron chi connectivity index (χ3n) is 2.99. The number of anilines is 1. The van der Waals surface area contributed by atoms with E-state index < -0.39 is 0 Å². The molecule has 0 aromatic heterocycles. The molecule has 0 aliphatic carbocycles. The van der Waals surface area contributed by atoms with Crippen LogP contribution in [0.25, 0.3) is 0 Å². The SMILES string of the molecule is NC(CN1CCOCC1)=NOCC(=O)Nc1ccc(I)cc1. The lowest BCUT2D eigenvalue weighted by Gasteiger charge is -2.25. The van der Waals surface area contributed by atoms with Crippen LogP contribution in [-0.4, -0.2) is 56.1 Å². The molecule has 0 radical (unpaired) electrons. The molecule has 0 spiro atoms. The van der Waals surface area contributed by atoms with Crippen LogP contribution in [0.2, 0.25) is 0 Å². The molecule has 0 saturated carbocycles. The van der Waals surface area contributed by atoms with Gasteiger partial charge in [-0.1, -0.05) is 5.16 Å². The van der Waals surface area contributed by atoms with E-state index in [1.54, 1.807) is 0 Å². The monoisotopic (exact) mass is 418 g/mol. The minimum absolute atomic E-state index is 0.171. The molecule has 22 heavy (non-hydrogen) atoms. The number of rotatable bonds is 6. The molecule has 8 heteroatoms. The minimum atomic E-state index is -0.274. The van der Waals surface area contributed by atoms with Crippen molar-refractivity contribution in [3.8, 4) is 0 Å². The molecule has 1 aromatic rings. The molecule has 0 atom stereocenters. The van der Waals surface area contributed by atoms with Crippen molar-refractivity contribution < 1.29 is 14.4 Å². The maximum atomic E-state index is 11.7. The topological polar surface area (TPSA) is 89.2 Å². The van der Waals surface area contributed by atoms with Crippen LogP contribution in [0.3, 0.4) is 0 Å². The first-order chi connectivity index (χ1) is 10.6. The zero-order valence-corrected chi connectivity index (χ0v) is 14.3. The van der Waals surface area contributed by atoms with Crippen molar-refractivity contribution in [3.63, 3.8) is 0 Å². The van der Waals surface area contributed by atoms with E-state index in [1.165, 1.54) is 0 Å².